The molecule has 0 saturated carbocycles. The van der Waals surface area contributed by atoms with Crippen LogP contribution in [-0.2, 0) is 4.79 Å². The Balaban J connectivity index is 3.92. The molecule has 1 amide bonds. The van der Waals surface area contributed by atoms with Crippen molar-refractivity contribution in [3.8, 4) is 0 Å². The number of nitrogens with two attached hydrogens (primary N) is 1. The van der Waals surface area contributed by atoms with E-state index in [-0.39, 0.29) is 5.91 Å². The Morgan fingerprint density at radius 1 is 0.583 bits per heavy atom. The van der Waals surface area contributed by atoms with Crippen LogP contribution in [0.5, 0.6) is 0 Å². The molecule has 0 aliphatic rings. The quantitative estimate of drug-likeness (QED) is 0.224. The molecule has 0 heterocycles. The SMILES string of the molecule is CCCCCCCC/C(CC)=C(/CC)CCCCCCCC(N)=O. The lowest BCUT2D eigenvalue weighted by atomic mass is 9.93. The van der Waals surface area contributed by atoms with Gasteiger partial charge in [0.25, 0.3) is 0 Å². The largest absolute Gasteiger partial charge is 0.370 e. The molecule has 0 atom stereocenters. The standard InChI is InChI=1S/C22H43NO/c1-4-7-8-9-11-14-17-20(5-2)21(6-3)18-15-12-10-13-16-19-22(23)24/h4-19H2,1-3H3,(H2,23,24)/b21-20-. The highest BCUT2D eigenvalue weighted by Crippen LogP contribution is 2.24. The van der Waals surface area contributed by atoms with Crippen molar-refractivity contribution in [2.75, 3.05) is 0 Å². The summed E-state index contributed by atoms with van der Waals surface area (Å²) in [6.07, 6.45) is 19.9. The number of carbonyl (C=O) groups is 1. The van der Waals surface area contributed by atoms with Crippen molar-refractivity contribution in [1.29, 1.82) is 0 Å². The molecule has 142 valence electrons. The summed E-state index contributed by atoms with van der Waals surface area (Å²) in [5.74, 6) is -0.159. The third-order valence-electron chi connectivity index (χ3n) is 5.09. The molecule has 0 aromatic carbocycles. The van der Waals surface area contributed by atoms with Crippen LogP contribution >= 0.6 is 0 Å². The van der Waals surface area contributed by atoms with Gasteiger partial charge in [-0.1, -0.05) is 83.3 Å². The summed E-state index contributed by atoms with van der Waals surface area (Å²) in [5.41, 5.74) is 8.63. The second-order valence-electron chi connectivity index (χ2n) is 7.17. The number of hydrogen-bond acceptors (Lipinski definition) is 1. The minimum atomic E-state index is -0.159. The van der Waals surface area contributed by atoms with Crippen LogP contribution in [0.15, 0.2) is 11.1 Å². The van der Waals surface area contributed by atoms with Gasteiger partial charge in [-0.15, -0.1) is 0 Å². The zero-order chi connectivity index (χ0) is 18.0. The molecule has 2 nitrogen and oxygen atoms in total. The molecule has 0 radical (unpaired) electrons. The van der Waals surface area contributed by atoms with Crippen LogP contribution in [0.25, 0.3) is 0 Å². The molecule has 0 spiro atoms. The Labute approximate surface area is 151 Å². The molecule has 0 unspecified atom stereocenters. The highest BCUT2D eigenvalue weighted by Gasteiger charge is 2.04. The molecular weight excluding hydrogens is 294 g/mol. The third-order valence-corrected chi connectivity index (χ3v) is 5.09. The lowest BCUT2D eigenvalue weighted by Gasteiger charge is -2.13. The van der Waals surface area contributed by atoms with Crippen molar-refractivity contribution < 1.29 is 4.79 Å². The van der Waals surface area contributed by atoms with Crippen LogP contribution in [0.4, 0.5) is 0 Å². The van der Waals surface area contributed by atoms with Crippen molar-refractivity contribution >= 4 is 5.91 Å². The first-order valence-corrected chi connectivity index (χ1v) is 10.6. The maximum Gasteiger partial charge on any atom is 0.217 e. The van der Waals surface area contributed by atoms with Gasteiger partial charge in [0.15, 0.2) is 0 Å². The van der Waals surface area contributed by atoms with Crippen molar-refractivity contribution in [3.63, 3.8) is 0 Å². The highest BCUT2D eigenvalue weighted by molar-refractivity contribution is 5.73. The number of rotatable bonds is 17. The van der Waals surface area contributed by atoms with Crippen molar-refractivity contribution in [2.45, 2.75) is 124 Å². The fourth-order valence-electron chi connectivity index (χ4n) is 3.49. The number of primary amides is 1. The first-order chi connectivity index (χ1) is 11.7. The fraction of sp³-hybridized carbons (Fsp3) is 0.864. The summed E-state index contributed by atoms with van der Waals surface area (Å²) >= 11 is 0. The van der Waals surface area contributed by atoms with Gasteiger partial charge >= 0.3 is 0 Å². The Kier molecular flexibility index (Phi) is 16.5. The van der Waals surface area contributed by atoms with Crippen molar-refractivity contribution in [1.82, 2.24) is 0 Å². The number of carbonyl (C=O) groups excluding carboxylic acids is 1. The summed E-state index contributed by atoms with van der Waals surface area (Å²) in [6.45, 7) is 6.92. The molecule has 0 aliphatic carbocycles. The minimum absolute atomic E-state index is 0.159. The van der Waals surface area contributed by atoms with Gasteiger partial charge in [-0.25, -0.2) is 0 Å². The Morgan fingerprint density at radius 2 is 0.958 bits per heavy atom. The van der Waals surface area contributed by atoms with E-state index in [1.807, 2.05) is 0 Å². The van der Waals surface area contributed by atoms with Gasteiger partial charge in [0.05, 0.1) is 0 Å². The first-order valence-electron chi connectivity index (χ1n) is 10.6. The van der Waals surface area contributed by atoms with Gasteiger partial charge in [-0.3, -0.25) is 4.79 Å². The average molecular weight is 338 g/mol. The van der Waals surface area contributed by atoms with E-state index in [0.717, 1.165) is 12.8 Å². The summed E-state index contributed by atoms with van der Waals surface area (Å²) < 4.78 is 0. The fourth-order valence-corrected chi connectivity index (χ4v) is 3.49. The van der Waals surface area contributed by atoms with Gasteiger partial charge in [0.2, 0.25) is 5.91 Å². The Bertz CT molecular complexity index is 333. The summed E-state index contributed by atoms with van der Waals surface area (Å²) in [7, 11) is 0. The molecule has 2 N–H and O–H groups in total. The molecule has 0 rings (SSSR count). The van der Waals surface area contributed by atoms with E-state index in [2.05, 4.69) is 20.8 Å². The Hall–Kier alpha value is -0.790. The predicted octanol–water partition coefficient (Wildman–Crippen LogP) is 7.07. The molecule has 0 bridgehead atoms. The monoisotopic (exact) mass is 337 g/mol. The molecule has 0 saturated heterocycles. The van der Waals surface area contributed by atoms with E-state index in [1.165, 1.54) is 83.5 Å². The maximum absolute atomic E-state index is 10.7. The summed E-state index contributed by atoms with van der Waals surface area (Å²) in [5, 5.41) is 0. The minimum Gasteiger partial charge on any atom is -0.370 e. The topological polar surface area (TPSA) is 43.1 Å². The highest BCUT2D eigenvalue weighted by atomic mass is 16.1. The summed E-state index contributed by atoms with van der Waals surface area (Å²) in [4.78, 5) is 10.7. The lowest BCUT2D eigenvalue weighted by Crippen LogP contribution is -2.09. The van der Waals surface area contributed by atoms with Crippen molar-refractivity contribution in [3.05, 3.63) is 11.1 Å². The van der Waals surface area contributed by atoms with E-state index in [0.29, 0.717) is 6.42 Å². The van der Waals surface area contributed by atoms with Gasteiger partial charge in [-0.2, -0.15) is 0 Å². The normalized spacial score (nSPS) is 12.3. The van der Waals surface area contributed by atoms with Crippen LogP contribution in [0.2, 0.25) is 0 Å². The van der Waals surface area contributed by atoms with Crippen molar-refractivity contribution in [2.24, 2.45) is 5.73 Å². The zero-order valence-corrected chi connectivity index (χ0v) is 16.8. The van der Waals surface area contributed by atoms with Crippen LogP contribution in [0.1, 0.15) is 124 Å². The lowest BCUT2D eigenvalue weighted by molar-refractivity contribution is -0.118. The number of allylic oxidation sites excluding steroid dienone is 2. The predicted molar refractivity (Wildman–Crippen MR) is 107 cm³/mol. The van der Waals surface area contributed by atoms with Gasteiger partial charge in [0.1, 0.15) is 0 Å². The maximum atomic E-state index is 10.7. The molecule has 24 heavy (non-hydrogen) atoms. The van der Waals surface area contributed by atoms with E-state index in [9.17, 15) is 4.79 Å². The average Bonchev–Trinajstić information content (AvgIpc) is 2.57. The Morgan fingerprint density at radius 3 is 1.33 bits per heavy atom. The molecular formula is C22H43NO. The van der Waals surface area contributed by atoms with Gasteiger partial charge < -0.3 is 5.73 Å². The molecule has 0 fully saturated rings. The first kappa shape index (κ1) is 23.2. The summed E-state index contributed by atoms with van der Waals surface area (Å²) in [6, 6.07) is 0. The second kappa shape index (κ2) is 17.0. The van der Waals surface area contributed by atoms with E-state index < -0.39 is 0 Å². The number of unbranched alkanes of at least 4 members (excludes halogenated alkanes) is 9. The molecule has 0 aliphatic heterocycles. The second-order valence-corrected chi connectivity index (χ2v) is 7.17. The number of hydrogen-bond donors (Lipinski definition) is 1. The molecule has 0 aromatic rings. The zero-order valence-electron chi connectivity index (χ0n) is 16.8. The van der Waals surface area contributed by atoms with E-state index >= 15 is 0 Å². The van der Waals surface area contributed by atoms with E-state index in [4.69, 9.17) is 5.73 Å². The van der Waals surface area contributed by atoms with Crippen LogP contribution in [0, 0.1) is 0 Å². The molecule has 0 aromatic heterocycles. The van der Waals surface area contributed by atoms with Gasteiger partial charge in [-0.05, 0) is 44.9 Å². The van der Waals surface area contributed by atoms with Crippen LogP contribution in [-0.4, -0.2) is 5.91 Å². The van der Waals surface area contributed by atoms with E-state index in [1.54, 1.807) is 11.1 Å². The van der Waals surface area contributed by atoms with Crippen LogP contribution < -0.4 is 5.73 Å². The number of amides is 1. The van der Waals surface area contributed by atoms with Crippen LogP contribution in [0.3, 0.4) is 0 Å². The molecule has 2 heteroatoms. The third kappa shape index (κ3) is 13.6. The smallest absolute Gasteiger partial charge is 0.217 e. The van der Waals surface area contributed by atoms with Gasteiger partial charge in [0, 0.05) is 6.42 Å².